The quantitative estimate of drug-likeness (QED) is 0.0966. The van der Waals surface area contributed by atoms with Crippen molar-refractivity contribution in [3.8, 4) is 0 Å². The summed E-state index contributed by atoms with van der Waals surface area (Å²) in [6, 6.07) is 19.5. The Kier molecular flexibility index (Phi) is 18.9. The molecule has 2 saturated heterocycles. The van der Waals surface area contributed by atoms with E-state index in [4.69, 9.17) is 11.5 Å². The van der Waals surface area contributed by atoms with Gasteiger partial charge in [0.15, 0.2) is 0 Å². The standard InChI is InChI=1S/C18H34N3Si.C13H22N3.C8H19N.ClH/c1-21(2,13-6-14-22(3,4)5)18-11-12-20(15-18)17-9-7-16(19)8-10-17;1-16(2,3)13-8-9-15(10-13)12-6-4-11(14)5-7-12;1-4-5-6-7-8-9(2)3;/h7-10,18H,6,11-15,19H2,1-5H3;4-7,13H,8-10,14H2,1-3H3;4-8H2,1-3H3;1H/q2*+1;;. The van der Waals surface area contributed by atoms with E-state index in [9.17, 15) is 0 Å². The van der Waals surface area contributed by atoms with Crippen molar-refractivity contribution in [1.29, 1.82) is 0 Å². The van der Waals surface area contributed by atoms with Gasteiger partial charge in [0.1, 0.15) is 12.1 Å². The number of nitrogens with zero attached hydrogens (tertiary/aromatic N) is 5. The van der Waals surface area contributed by atoms with E-state index in [1.54, 1.807) is 0 Å². The van der Waals surface area contributed by atoms with Crippen molar-refractivity contribution < 1.29 is 8.97 Å². The molecule has 48 heavy (non-hydrogen) atoms. The summed E-state index contributed by atoms with van der Waals surface area (Å²) in [6.45, 7) is 16.9. The Bertz CT molecular complexity index is 1130. The van der Waals surface area contributed by atoms with Crippen LogP contribution in [0.25, 0.3) is 0 Å². The first-order chi connectivity index (χ1) is 21.9. The summed E-state index contributed by atoms with van der Waals surface area (Å²) in [4.78, 5) is 7.21. The summed E-state index contributed by atoms with van der Waals surface area (Å²) < 4.78 is 2.21. The molecule has 0 radical (unpaired) electrons. The maximum absolute atomic E-state index is 5.79. The number of anilines is 4. The van der Waals surface area contributed by atoms with Crippen LogP contribution in [0.4, 0.5) is 22.7 Å². The average Bonchev–Trinajstić information content (AvgIpc) is 3.68. The number of hydrogen-bond donors (Lipinski definition) is 2. The van der Waals surface area contributed by atoms with Gasteiger partial charge in [0.2, 0.25) is 0 Å². The monoisotopic (exact) mass is 706 g/mol. The minimum Gasteiger partial charge on any atom is -0.399 e. The van der Waals surface area contributed by atoms with Crippen molar-refractivity contribution in [2.45, 2.75) is 89.6 Å². The van der Waals surface area contributed by atoms with E-state index in [1.165, 1.54) is 88.5 Å². The van der Waals surface area contributed by atoms with E-state index in [1.807, 2.05) is 24.3 Å². The van der Waals surface area contributed by atoms with Crippen LogP contribution >= 0.6 is 12.4 Å². The average molecular weight is 707 g/mol. The van der Waals surface area contributed by atoms with E-state index in [0.29, 0.717) is 0 Å². The second-order valence-electron chi connectivity index (χ2n) is 17.1. The minimum atomic E-state index is -0.900. The summed E-state index contributed by atoms with van der Waals surface area (Å²) in [5, 5.41) is 0. The number of benzene rings is 2. The molecule has 2 aromatic carbocycles. The number of rotatable bonds is 13. The molecule has 2 fully saturated rings. The molecule has 276 valence electrons. The molecule has 0 aromatic heterocycles. The Labute approximate surface area is 304 Å². The fourth-order valence-electron chi connectivity index (χ4n) is 6.58. The molecule has 4 N–H and O–H groups in total. The lowest BCUT2D eigenvalue weighted by Crippen LogP contribution is -2.51. The van der Waals surface area contributed by atoms with Gasteiger partial charge in [-0.3, -0.25) is 0 Å². The molecule has 9 heteroatoms. The van der Waals surface area contributed by atoms with E-state index < -0.39 is 8.07 Å². The van der Waals surface area contributed by atoms with Crippen LogP contribution in [-0.2, 0) is 0 Å². The number of unbranched alkanes of at least 4 members (excludes halogenated alkanes) is 3. The van der Waals surface area contributed by atoms with Crippen molar-refractivity contribution in [2.75, 3.05) is 110 Å². The fourth-order valence-corrected chi connectivity index (χ4v) is 7.80. The molecule has 2 aromatic rings. The molecular weight excluding hydrogens is 630 g/mol. The summed E-state index contributed by atoms with van der Waals surface area (Å²) >= 11 is 0. The zero-order chi connectivity index (χ0) is 35.3. The molecule has 2 atom stereocenters. The van der Waals surface area contributed by atoms with Gasteiger partial charge in [-0.25, -0.2) is 0 Å². The van der Waals surface area contributed by atoms with Crippen molar-refractivity contribution in [1.82, 2.24) is 4.90 Å². The largest absolute Gasteiger partial charge is 0.399 e. The van der Waals surface area contributed by atoms with Gasteiger partial charge in [0, 0.05) is 56.8 Å². The third-order valence-electron chi connectivity index (χ3n) is 10.0. The second-order valence-corrected chi connectivity index (χ2v) is 22.7. The predicted octanol–water partition coefficient (Wildman–Crippen LogP) is 7.76. The number of nitrogens with two attached hydrogens (primary N) is 2. The van der Waals surface area contributed by atoms with Crippen LogP contribution in [0.2, 0.25) is 25.7 Å². The molecule has 7 nitrogen and oxygen atoms in total. The van der Waals surface area contributed by atoms with E-state index in [-0.39, 0.29) is 12.4 Å². The Morgan fingerprint density at radius 2 is 1.17 bits per heavy atom. The van der Waals surface area contributed by atoms with Crippen LogP contribution in [0.5, 0.6) is 0 Å². The molecule has 4 rings (SSSR count). The van der Waals surface area contributed by atoms with Crippen LogP contribution in [-0.4, -0.2) is 123 Å². The van der Waals surface area contributed by atoms with Crippen LogP contribution in [0.15, 0.2) is 48.5 Å². The lowest BCUT2D eigenvalue weighted by Gasteiger charge is -2.37. The summed E-state index contributed by atoms with van der Waals surface area (Å²) in [5.74, 6) is 0. The molecule has 0 aliphatic carbocycles. The Balaban J connectivity index is 0.000000389. The highest BCUT2D eigenvalue weighted by Crippen LogP contribution is 2.27. The first-order valence-corrected chi connectivity index (χ1v) is 22.1. The molecule has 2 unspecified atom stereocenters. The van der Waals surface area contributed by atoms with Crippen LogP contribution < -0.4 is 21.3 Å². The summed E-state index contributed by atoms with van der Waals surface area (Å²) in [7, 11) is 15.0. The van der Waals surface area contributed by atoms with E-state index in [0.717, 1.165) is 45.5 Å². The van der Waals surface area contributed by atoms with Gasteiger partial charge in [-0.15, -0.1) is 12.4 Å². The highest BCUT2D eigenvalue weighted by Gasteiger charge is 2.35. The lowest BCUT2D eigenvalue weighted by atomic mass is 10.2. The molecule has 2 aliphatic rings. The fraction of sp³-hybridized carbons (Fsp3) is 0.692. The van der Waals surface area contributed by atoms with Gasteiger partial charge >= 0.3 is 0 Å². The second kappa shape index (κ2) is 20.6. The van der Waals surface area contributed by atoms with Gasteiger partial charge in [-0.1, -0.05) is 51.9 Å². The number of halogens is 1. The van der Waals surface area contributed by atoms with Gasteiger partial charge in [-0.2, -0.15) is 0 Å². The van der Waals surface area contributed by atoms with E-state index in [2.05, 4.69) is 115 Å². The highest BCUT2D eigenvalue weighted by molar-refractivity contribution is 6.76. The van der Waals surface area contributed by atoms with Crippen molar-refractivity contribution in [3.05, 3.63) is 48.5 Å². The smallest absolute Gasteiger partial charge is 0.108 e. The van der Waals surface area contributed by atoms with E-state index >= 15 is 0 Å². The molecule has 0 bridgehead atoms. The van der Waals surface area contributed by atoms with Crippen molar-refractivity contribution in [3.63, 3.8) is 0 Å². The molecule has 2 aliphatic heterocycles. The molecule has 0 amide bonds. The first-order valence-electron chi connectivity index (χ1n) is 18.4. The highest BCUT2D eigenvalue weighted by atomic mass is 35.5. The topological polar surface area (TPSA) is 61.8 Å². The SMILES string of the molecule is CCCCCCN(C)C.C[N+](C)(C)C1CCN(c2ccc(N)cc2)C1.C[N+](C)(CCC[Si](C)(C)C)C1CCN(c2ccc(N)cc2)C1.Cl. The van der Waals surface area contributed by atoms with Crippen molar-refractivity contribution >= 4 is 43.2 Å². The van der Waals surface area contributed by atoms with Gasteiger partial charge < -0.3 is 35.1 Å². The van der Waals surface area contributed by atoms with Crippen LogP contribution in [0.1, 0.15) is 51.9 Å². The zero-order valence-electron chi connectivity index (χ0n) is 33.0. The third kappa shape index (κ3) is 16.6. The predicted molar refractivity (Wildman–Crippen MR) is 221 cm³/mol. The first kappa shape index (κ1) is 44.0. The Morgan fingerprint density at radius 1 is 0.708 bits per heavy atom. The summed E-state index contributed by atoms with van der Waals surface area (Å²) in [6.07, 6.45) is 9.44. The number of likely N-dealkylation sites (N-methyl/N-ethyl adjacent to an activating group) is 2. The Morgan fingerprint density at radius 3 is 1.56 bits per heavy atom. The minimum absolute atomic E-state index is 0. The number of nitrogen functional groups attached to an aromatic ring is 2. The normalized spacial score (nSPS) is 18.2. The van der Waals surface area contributed by atoms with Crippen LogP contribution in [0.3, 0.4) is 0 Å². The molecule has 2 heterocycles. The molecule has 0 spiro atoms. The lowest BCUT2D eigenvalue weighted by molar-refractivity contribution is -0.912. The zero-order valence-corrected chi connectivity index (χ0v) is 34.8. The third-order valence-corrected chi connectivity index (χ3v) is 11.9. The number of hydrogen-bond acceptors (Lipinski definition) is 5. The summed E-state index contributed by atoms with van der Waals surface area (Å²) in [5.41, 5.74) is 15.8. The van der Waals surface area contributed by atoms with Gasteiger partial charge in [-0.05, 0) is 82.0 Å². The Hall–Kier alpha value is -1.97. The maximum atomic E-state index is 5.79. The van der Waals surface area contributed by atoms with Gasteiger partial charge in [0.05, 0.1) is 54.9 Å². The van der Waals surface area contributed by atoms with Crippen LogP contribution in [0, 0.1) is 0 Å². The van der Waals surface area contributed by atoms with Crippen molar-refractivity contribution in [2.24, 2.45) is 0 Å². The van der Waals surface area contributed by atoms with Gasteiger partial charge in [0.25, 0.3) is 0 Å². The maximum Gasteiger partial charge on any atom is 0.108 e. The number of quaternary nitrogens is 2. The molecular formula is C39H76ClN7Si+2. The molecule has 0 saturated carbocycles.